The lowest BCUT2D eigenvalue weighted by Gasteiger charge is -2.05. The van der Waals surface area contributed by atoms with Crippen LogP contribution in [-0.4, -0.2) is 20.3 Å². The van der Waals surface area contributed by atoms with Crippen LogP contribution in [0.3, 0.4) is 0 Å². The zero-order chi connectivity index (χ0) is 13.6. The molecular weight excluding hydrogens is 240 g/mol. The van der Waals surface area contributed by atoms with Crippen LogP contribution >= 0.6 is 0 Å². The zero-order valence-corrected chi connectivity index (χ0v) is 10.8. The van der Waals surface area contributed by atoms with Crippen LogP contribution in [-0.2, 0) is 7.05 Å². The van der Waals surface area contributed by atoms with Crippen LogP contribution in [0.1, 0.15) is 16.1 Å². The van der Waals surface area contributed by atoms with Crippen molar-refractivity contribution in [3.05, 3.63) is 47.9 Å². The van der Waals surface area contributed by atoms with Crippen molar-refractivity contribution in [3.63, 3.8) is 0 Å². The quantitative estimate of drug-likeness (QED) is 0.721. The molecule has 0 amide bonds. The van der Waals surface area contributed by atoms with Crippen LogP contribution in [0.2, 0.25) is 0 Å². The van der Waals surface area contributed by atoms with Gasteiger partial charge < -0.3 is 10.3 Å². The molecule has 0 atom stereocenters. The predicted octanol–water partition coefficient (Wildman–Crippen LogP) is 1.95. The van der Waals surface area contributed by atoms with Gasteiger partial charge in [-0.1, -0.05) is 12.1 Å². The molecule has 5 heteroatoms. The molecule has 0 saturated carbocycles. The molecule has 0 bridgehead atoms. The SMILES string of the molecule is Cc1nn(C(=O)c2cccc3ccn(C)c23)cc1N. The van der Waals surface area contributed by atoms with E-state index in [4.69, 9.17) is 5.73 Å². The number of carbonyl (C=O) groups excluding carboxylic acids is 1. The molecule has 2 heterocycles. The standard InChI is InChI=1S/C14H14N4O/c1-9-12(15)8-18(16-9)14(19)11-5-3-4-10-6-7-17(2)13(10)11/h3-8H,15H2,1-2H3. The minimum atomic E-state index is -0.174. The molecule has 3 rings (SSSR count). The van der Waals surface area contributed by atoms with Crippen LogP contribution in [0.15, 0.2) is 36.7 Å². The summed E-state index contributed by atoms with van der Waals surface area (Å²) < 4.78 is 3.23. The van der Waals surface area contributed by atoms with Crippen molar-refractivity contribution < 1.29 is 4.79 Å². The van der Waals surface area contributed by atoms with Gasteiger partial charge in [-0.05, 0) is 19.1 Å². The third kappa shape index (κ3) is 1.71. The Morgan fingerprint density at radius 2 is 2.11 bits per heavy atom. The number of anilines is 1. The molecule has 3 aromatic rings. The smallest absolute Gasteiger partial charge is 0.280 e. The van der Waals surface area contributed by atoms with Crippen molar-refractivity contribution in [2.45, 2.75) is 6.92 Å². The predicted molar refractivity (Wildman–Crippen MR) is 74.0 cm³/mol. The van der Waals surface area contributed by atoms with Gasteiger partial charge in [-0.2, -0.15) is 5.10 Å². The first-order chi connectivity index (χ1) is 9.08. The fourth-order valence-electron chi connectivity index (χ4n) is 2.23. The molecule has 0 fully saturated rings. The second kappa shape index (κ2) is 3.98. The Hall–Kier alpha value is -2.56. The van der Waals surface area contributed by atoms with Crippen molar-refractivity contribution in [2.24, 2.45) is 7.05 Å². The van der Waals surface area contributed by atoms with E-state index in [9.17, 15) is 4.79 Å². The number of hydrogen-bond acceptors (Lipinski definition) is 3. The first-order valence-electron chi connectivity index (χ1n) is 5.98. The average Bonchev–Trinajstić information content (AvgIpc) is 2.93. The summed E-state index contributed by atoms with van der Waals surface area (Å²) in [6.07, 6.45) is 3.49. The topological polar surface area (TPSA) is 65.8 Å². The van der Waals surface area contributed by atoms with E-state index in [1.165, 1.54) is 4.68 Å². The van der Waals surface area contributed by atoms with Gasteiger partial charge in [0.25, 0.3) is 5.91 Å². The summed E-state index contributed by atoms with van der Waals surface area (Å²) in [6, 6.07) is 7.64. The molecule has 1 aromatic carbocycles. The second-order valence-electron chi connectivity index (χ2n) is 4.59. The molecule has 19 heavy (non-hydrogen) atoms. The van der Waals surface area contributed by atoms with Crippen molar-refractivity contribution in [2.75, 3.05) is 5.73 Å². The minimum absolute atomic E-state index is 0.174. The Bertz CT molecular complexity index is 762. The number of aryl methyl sites for hydroxylation is 2. The van der Waals surface area contributed by atoms with Gasteiger partial charge in [0.15, 0.2) is 0 Å². The number of carbonyl (C=O) groups is 1. The molecular formula is C14H14N4O. The highest BCUT2D eigenvalue weighted by molar-refractivity contribution is 6.06. The van der Waals surface area contributed by atoms with Gasteiger partial charge in [-0.15, -0.1) is 0 Å². The molecule has 2 aromatic heterocycles. The fourth-order valence-corrected chi connectivity index (χ4v) is 2.23. The Labute approximate surface area is 110 Å². The van der Waals surface area contributed by atoms with Gasteiger partial charge in [-0.3, -0.25) is 4.79 Å². The highest BCUT2D eigenvalue weighted by atomic mass is 16.2. The van der Waals surface area contributed by atoms with Crippen molar-refractivity contribution in [3.8, 4) is 0 Å². The number of rotatable bonds is 1. The first kappa shape index (κ1) is 11.5. The molecule has 2 N–H and O–H groups in total. The lowest BCUT2D eigenvalue weighted by molar-refractivity contribution is 0.0946. The summed E-state index contributed by atoms with van der Waals surface area (Å²) in [4.78, 5) is 12.5. The van der Waals surface area contributed by atoms with E-state index in [1.807, 2.05) is 36.0 Å². The third-order valence-corrected chi connectivity index (χ3v) is 3.27. The van der Waals surface area contributed by atoms with Crippen LogP contribution < -0.4 is 5.73 Å². The molecule has 0 aliphatic rings. The highest BCUT2D eigenvalue weighted by Gasteiger charge is 2.16. The highest BCUT2D eigenvalue weighted by Crippen LogP contribution is 2.20. The van der Waals surface area contributed by atoms with E-state index < -0.39 is 0 Å². The van der Waals surface area contributed by atoms with Crippen LogP contribution in [0, 0.1) is 6.92 Å². The van der Waals surface area contributed by atoms with E-state index in [2.05, 4.69) is 5.10 Å². The normalized spacial score (nSPS) is 11.1. The lowest BCUT2D eigenvalue weighted by Crippen LogP contribution is -2.14. The monoisotopic (exact) mass is 254 g/mol. The van der Waals surface area contributed by atoms with E-state index >= 15 is 0 Å². The fraction of sp³-hybridized carbons (Fsp3) is 0.143. The molecule has 0 saturated heterocycles. The number of aromatic nitrogens is 3. The molecule has 0 aliphatic carbocycles. The summed E-state index contributed by atoms with van der Waals surface area (Å²) >= 11 is 0. The van der Waals surface area contributed by atoms with E-state index in [1.54, 1.807) is 19.2 Å². The summed E-state index contributed by atoms with van der Waals surface area (Å²) in [5.41, 5.74) is 8.44. The molecule has 0 spiro atoms. The lowest BCUT2D eigenvalue weighted by atomic mass is 10.1. The van der Waals surface area contributed by atoms with E-state index in [0.717, 1.165) is 10.9 Å². The van der Waals surface area contributed by atoms with Gasteiger partial charge >= 0.3 is 0 Å². The van der Waals surface area contributed by atoms with Crippen LogP contribution in [0.5, 0.6) is 0 Å². The average molecular weight is 254 g/mol. The molecule has 5 nitrogen and oxygen atoms in total. The van der Waals surface area contributed by atoms with Crippen LogP contribution in [0.4, 0.5) is 5.69 Å². The summed E-state index contributed by atoms with van der Waals surface area (Å²) in [5.74, 6) is -0.174. The molecule has 96 valence electrons. The number of nitrogen functional groups attached to an aromatic ring is 1. The van der Waals surface area contributed by atoms with Crippen molar-refractivity contribution in [1.29, 1.82) is 0 Å². The number of fused-ring (bicyclic) bond motifs is 1. The number of para-hydroxylation sites is 1. The number of nitrogens with two attached hydrogens (primary N) is 1. The van der Waals surface area contributed by atoms with Gasteiger partial charge in [0.1, 0.15) is 0 Å². The minimum Gasteiger partial charge on any atom is -0.396 e. The third-order valence-electron chi connectivity index (χ3n) is 3.27. The summed E-state index contributed by atoms with van der Waals surface area (Å²) in [6.45, 7) is 1.78. The largest absolute Gasteiger partial charge is 0.396 e. The van der Waals surface area contributed by atoms with E-state index in [0.29, 0.717) is 16.9 Å². The summed E-state index contributed by atoms with van der Waals surface area (Å²) in [5, 5.41) is 5.17. The van der Waals surface area contributed by atoms with E-state index in [-0.39, 0.29) is 5.91 Å². The molecule has 0 radical (unpaired) electrons. The second-order valence-corrected chi connectivity index (χ2v) is 4.59. The Balaban J connectivity index is 2.19. The van der Waals surface area contributed by atoms with Gasteiger partial charge in [-0.25, -0.2) is 4.68 Å². The van der Waals surface area contributed by atoms with Crippen molar-refractivity contribution in [1.82, 2.24) is 14.3 Å². The zero-order valence-electron chi connectivity index (χ0n) is 10.8. The number of benzene rings is 1. The first-order valence-corrected chi connectivity index (χ1v) is 5.98. The van der Waals surface area contributed by atoms with Crippen molar-refractivity contribution >= 4 is 22.5 Å². The van der Waals surface area contributed by atoms with Gasteiger partial charge in [0.05, 0.1) is 28.7 Å². The number of nitrogens with zero attached hydrogens (tertiary/aromatic N) is 3. The maximum Gasteiger partial charge on any atom is 0.280 e. The van der Waals surface area contributed by atoms with Crippen LogP contribution in [0.25, 0.3) is 10.9 Å². The molecule has 0 aliphatic heterocycles. The Kier molecular flexibility index (Phi) is 2.41. The number of hydrogen-bond donors (Lipinski definition) is 1. The van der Waals surface area contributed by atoms with Gasteiger partial charge in [0, 0.05) is 18.6 Å². The van der Waals surface area contributed by atoms with Gasteiger partial charge in [0.2, 0.25) is 0 Å². The maximum atomic E-state index is 12.5. The summed E-state index contributed by atoms with van der Waals surface area (Å²) in [7, 11) is 1.92. The molecule has 0 unspecified atom stereocenters. The maximum absolute atomic E-state index is 12.5. The Morgan fingerprint density at radius 1 is 1.32 bits per heavy atom. The Morgan fingerprint density at radius 3 is 2.79 bits per heavy atom.